The van der Waals surface area contributed by atoms with Gasteiger partial charge >= 0.3 is 5.97 Å². The van der Waals surface area contributed by atoms with Crippen molar-refractivity contribution in [3.8, 4) is 11.5 Å². The molecule has 1 atom stereocenters. The van der Waals surface area contributed by atoms with Gasteiger partial charge in [0.05, 0.1) is 6.54 Å². The topological polar surface area (TPSA) is 88.3 Å². The van der Waals surface area contributed by atoms with E-state index in [0.29, 0.717) is 5.56 Å². The largest absolute Gasteiger partial charge is 0.480 e. The lowest BCUT2D eigenvalue weighted by atomic mass is 10.1. The van der Waals surface area contributed by atoms with E-state index in [1.807, 2.05) is 13.8 Å². The molecule has 1 heterocycles. The van der Waals surface area contributed by atoms with E-state index < -0.39 is 12.0 Å². The van der Waals surface area contributed by atoms with Crippen molar-refractivity contribution in [2.24, 2.45) is 5.92 Å². The second-order valence-corrected chi connectivity index (χ2v) is 4.95. The zero-order chi connectivity index (χ0) is 15.4. The van der Waals surface area contributed by atoms with Crippen LogP contribution in [0.25, 0.3) is 11.5 Å². The summed E-state index contributed by atoms with van der Waals surface area (Å²) in [6.07, 6.45) is 0. The minimum atomic E-state index is -0.928. The van der Waals surface area contributed by atoms with Gasteiger partial charge in [-0.05, 0) is 30.2 Å². The van der Waals surface area contributed by atoms with Crippen LogP contribution in [-0.4, -0.2) is 27.3 Å². The van der Waals surface area contributed by atoms with Gasteiger partial charge in [0.15, 0.2) is 0 Å². The smallest absolute Gasteiger partial charge is 0.320 e. The second-order valence-electron chi connectivity index (χ2n) is 4.95. The van der Waals surface area contributed by atoms with Crippen LogP contribution in [0.2, 0.25) is 0 Å². The molecule has 7 heteroatoms. The Morgan fingerprint density at radius 1 is 1.33 bits per heavy atom. The zero-order valence-corrected chi connectivity index (χ0v) is 11.7. The molecule has 0 saturated carbocycles. The number of nitrogens with zero attached hydrogens (tertiary/aromatic N) is 2. The third-order valence-electron chi connectivity index (χ3n) is 2.96. The van der Waals surface area contributed by atoms with Crippen molar-refractivity contribution in [2.75, 3.05) is 0 Å². The molecule has 0 aliphatic heterocycles. The SMILES string of the molecule is CC(C)C(NCc1nnc(-c2ccc(F)cc2)o1)C(=O)O. The number of hydrogen-bond acceptors (Lipinski definition) is 5. The van der Waals surface area contributed by atoms with Crippen LogP contribution >= 0.6 is 0 Å². The van der Waals surface area contributed by atoms with Crippen molar-refractivity contribution in [3.63, 3.8) is 0 Å². The van der Waals surface area contributed by atoms with Crippen LogP contribution in [0.5, 0.6) is 0 Å². The molecule has 0 spiro atoms. The molecule has 0 bridgehead atoms. The summed E-state index contributed by atoms with van der Waals surface area (Å²) < 4.78 is 18.3. The fourth-order valence-corrected chi connectivity index (χ4v) is 1.84. The standard InChI is InChI=1S/C14H16FN3O3/c1-8(2)12(14(19)20)16-7-11-17-18-13(21-11)9-3-5-10(15)6-4-9/h3-6,8,12,16H,7H2,1-2H3,(H,19,20). The first kappa shape index (κ1) is 15.1. The molecule has 0 amide bonds. The highest BCUT2D eigenvalue weighted by Crippen LogP contribution is 2.18. The Labute approximate surface area is 121 Å². The predicted molar refractivity (Wildman–Crippen MR) is 72.8 cm³/mol. The van der Waals surface area contributed by atoms with Crippen LogP contribution in [-0.2, 0) is 11.3 Å². The number of hydrogen-bond donors (Lipinski definition) is 2. The summed E-state index contributed by atoms with van der Waals surface area (Å²) in [5, 5.41) is 19.6. The summed E-state index contributed by atoms with van der Waals surface area (Å²) >= 11 is 0. The number of halogens is 1. The van der Waals surface area contributed by atoms with Gasteiger partial charge in [0.2, 0.25) is 11.8 Å². The van der Waals surface area contributed by atoms with Crippen LogP contribution < -0.4 is 5.32 Å². The molecule has 1 unspecified atom stereocenters. The number of rotatable bonds is 6. The van der Waals surface area contributed by atoms with Gasteiger partial charge in [0.25, 0.3) is 0 Å². The van der Waals surface area contributed by atoms with Crippen molar-refractivity contribution < 1.29 is 18.7 Å². The predicted octanol–water partition coefficient (Wildman–Crippen LogP) is 2.07. The fourth-order valence-electron chi connectivity index (χ4n) is 1.84. The molecule has 2 aromatic rings. The average molecular weight is 293 g/mol. The van der Waals surface area contributed by atoms with Crippen LogP contribution in [0.1, 0.15) is 19.7 Å². The fraction of sp³-hybridized carbons (Fsp3) is 0.357. The quantitative estimate of drug-likeness (QED) is 0.847. The number of aromatic nitrogens is 2. The molecule has 0 saturated heterocycles. The molecular weight excluding hydrogens is 277 g/mol. The van der Waals surface area contributed by atoms with Gasteiger partial charge in [0.1, 0.15) is 11.9 Å². The monoisotopic (exact) mass is 293 g/mol. The van der Waals surface area contributed by atoms with Crippen molar-refractivity contribution in [3.05, 3.63) is 36.0 Å². The summed E-state index contributed by atoms with van der Waals surface area (Å²) in [5.41, 5.74) is 0.605. The van der Waals surface area contributed by atoms with Gasteiger partial charge in [-0.2, -0.15) is 0 Å². The van der Waals surface area contributed by atoms with Gasteiger partial charge in [-0.25, -0.2) is 4.39 Å². The molecule has 0 fully saturated rings. The first-order chi connectivity index (χ1) is 9.97. The summed E-state index contributed by atoms with van der Waals surface area (Å²) in [7, 11) is 0. The molecule has 0 aliphatic rings. The number of carboxylic acid groups (broad SMARTS) is 1. The first-order valence-corrected chi connectivity index (χ1v) is 6.52. The minimum absolute atomic E-state index is 0.0676. The highest BCUT2D eigenvalue weighted by atomic mass is 19.1. The van der Waals surface area contributed by atoms with E-state index in [4.69, 9.17) is 9.52 Å². The molecule has 2 N–H and O–H groups in total. The third-order valence-corrected chi connectivity index (χ3v) is 2.96. The molecule has 6 nitrogen and oxygen atoms in total. The van der Waals surface area contributed by atoms with Crippen LogP contribution in [0, 0.1) is 11.7 Å². The Morgan fingerprint density at radius 2 is 2.00 bits per heavy atom. The molecule has 0 aliphatic carbocycles. The van der Waals surface area contributed by atoms with E-state index in [1.54, 1.807) is 0 Å². The van der Waals surface area contributed by atoms with E-state index >= 15 is 0 Å². The van der Waals surface area contributed by atoms with E-state index in [0.717, 1.165) is 0 Å². The molecule has 1 aromatic carbocycles. The van der Waals surface area contributed by atoms with Crippen LogP contribution in [0.15, 0.2) is 28.7 Å². The molecule has 1 aromatic heterocycles. The lowest BCUT2D eigenvalue weighted by Crippen LogP contribution is -2.40. The summed E-state index contributed by atoms with van der Waals surface area (Å²) in [4.78, 5) is 11.1. The summed E-state index contributed by atoms with van der Waals surface area (Å²) in [5.74, 6) is -0.795. The van der Waals surface area contributed by atoms with E-state index in [2.05, 4.69) is 15.5 Å². The molecule has 21 heavy (non-hydrogen) atoms. The molecule has 112 valence electrons. The maximum Gasteiger partial charge on any atom is 0.320 e. The number of carboxylic acids is 1. The third kappa shape index (κ3) is 3.85. The minimum Gasteiger partial charge on any atom is -0.480 e. The van der Waals surface area contributed by atoms with Gasteiger partial charge in [-0.15, -0.1) is 10.2 Å². The average Bonchev–Trinajstić information content (AvgIpc) is 2.87. The van der Waals surface area contributed by atoms with Crippen LogP contribution in [0.4, 0.5) is 4.39 Å². The highest BCUT2D eigenvalue weighted by Gasteiger charge is 2.21. The Hall–Kier alpha value is -2.28. The van der Waals surface area contributed by atoms with E-state index in [1.165, 1.54) is 24.3 Å². The van der Waals surface area contributed by atoms with Crippen molar-refractivity contribution in [1.82, 2.24) is 15.5 Å². The van der Waals surface area contributed by atoms with Gasteiger partial charge < -0.3 is 9.52 Å². The zero-order valence-electron chi connectivity index (χ0n) is 11.7. The summed E-state index contributed by atoms with van der Waals surface area (Å²) in [6, 6.07) is 4.99. The maximum atomic E-state index is 12.8. The van der Waals surface area contributed by atoms with Gasteiger partial charge in [0, 0.05) is 5.56 Å². The Morgan fingerprint density at radius 3 is 2.57 bits per heavy atom. The van der Waals surface area contributed by atoms with Crippen molar-refractivity contribution in [2.45, 2.75) is 26.4 Å². The number of carbonyl (C=O) groups is 1. The summed E-state index contributed by atoms with van der Waals surface area (Å²) in [6.45, 7) is 3.77. The van der Waals surface area contributed by atoms with Crippen LogP contribution in [0.3, 0.4) is 0 Å². The Kier molecular flexibility index (Phi) is 4.64. The Balaban J connectivity index is 2.03. The lowest BCUT2D eigenvalue weighted by molar-refractivity contribution is -0.140. The highest BCUT2D eigenvalue weighted by molar-refractivity contribution is 5.73. The van der Waals surface area contributed by atoms with E-state index in [-0.39, 0.29) is 30.1 Å². The van der Waals surface area contributed by atoms with Gasteiger partial charge in [-0.1, -0.05) is 13.8 Å². The van der Waals surface area contributed by atoms with Crippen molar-refractivity contribution in [1.29, 1.82) is 0 Å². The molecular formula is C14H16FN3O3. The molecule has 0 radical (unpaired) electrons. The molecule has 2 rings (SSSR count). The number of nitrogens with one attached hydrogen (secondary N) is 1. The second kappa shape index (κ2) is 6.45. The lowest BCUT2D eigenvalue weighted by Gasteiger charge is -2.16. The maximum absolute atomic E-state index is 12.8. The van der Waals surface area contributed by atoms with E-state index in [9.17, 15) is 9.18 Å². The Bertz CT molecular complexity index is 610. The normalized spacial score (nSPS) is 12.6. The van der Waals surface area contributed by atoms with Gasteiger partial charge in [-0.3, -0.25) is 10.1 Å². The first-order valence-electron chi connectivity index (χ1n) is 6.52. The van der Waals surface area contributed by atoms with Crippen molar-refractivity contribution >= 4 is 5.97 Å². The number of benzene rings is 1. The number of aliphatic carboxylic acids is 1.